The van der Waals surface area contributed by atoms with Crippen LogP contribution >= 0.6 is 0 Å². The third kappa shape index (κ3) is 2.29. The molecule has 0 fully saturated rings. The van der Waals surface area contributed by atoms with Gasteiger partial charge in [-0.15, -0.1) is 0 Å². The Hall–Kier alpha value is -1.52. The predicted molar refractivity (Wildman–Crippen MR) is 65.0 cm³/mol. The molecule has 0 spiro atoms. The van der Waals surface area contributed by atoms with Crippen molar-refractivity contribution in [2.75, 3.05) is 57.0 Å². The zero-order valence-electron chi connectivity index (χ0n) is 10.3. The second kappa shape index (κ2) is 4.33. The molecule has 0 aliphatic carbocycles. The minimum atomic E-state index is 0.929. The minimum absolute atomic E-state index is 0.929. The fourth-order valence-corrected chi connectivity index (χ4v) is 1.42. The molecule has 0 saturated carbocycles. The van der Waals surface area contributed by atoms with Crippen LogP contribution in [0.25, 0.3) is 0 Å². The Morgan fingerprint density at radius 2 is 1.13 bits per heavy atom. The maximum Gasteiger partial charge on any atom is 0.157 e. The summed E-state index contributed by atoms with van der Waals surface area (Å²) in [6.07, 6.45) is 1.59. The third-order valence-corrected chi connectivity index (χ3v) is 2.08. The van der Waals surface area contributed by atoms with Gasteiger partial charge in [0.2, 0.25) is 0 Å². The summed E-state index contributed by atoms with van der Waals surface area (Å²) >= 11 is 0. The van der Waals surface area contributed by atoms with E-state index in [0.29, 0.717) is 0 Å². The van der Waals surface area contributed by atoms with Crippen LogP contribution in [0.1, 0.15) is 0 Å². The molecule has 84 valence electrons. The second-order valence-electron chi connectivity index (χ2n) is 4.05. The lowest BCUT2D eigenvalue weighted by Gasteiger charge is -2.25. The average molecular weight is 209 g/mol. The van der Waals surface area contributed by atoms with Gasteiger partial charge in [-0.2, -0.15) is 0 Å². The standard InChI is InChI=1S/C10H19N5/c1-13(2)8-9(14(3)4)11-7-12-10(8)15(5)6/h7H,1-6H3. The summed E-state index contributed by atoms with van der Waals surface area (Å²) < 4.78 is 0. The summed E-state index contributed by atoms with van der Waals surface area (Å²) in [6.45, 7) is 0. The van der Waals surface area contributed by atoms with Crippen LogP contribution in [0.15, 0.2) is 6.33 Å². The van der Waals surface area contributed by atoms with Crippen LogP contribution in [0.5, 0.6) is 0 Å². The lowest BCUT2D eigenvalue weighted by atomic mass is 10.3. The molecule has 1 aromatic heterocycles. The van der Waals surface area contributed by atoms with Crippen molar-refractivity contribution >= 4 is 17.3 Å². The van der Waals surface area contributed by atoms with Crippen molar-refractivity contribution in [3.05, 3.63) is 6.33 Å². The highest BCUT2D eigenvalue weighted by molar-refractivity contribution is 5.78. The van der Waals surface area contributed by atoms with Crippen LogP contribution in [-0.4, -0.2) is 52.3 Å². The fraction of sp³-hybridized carbons (Fsp3) is 0.600. The van der Waals surface area contributed by atoms with E-state index >= 15 is 0 Å². The molecule has 0 aliphatic rings. The molecular weight excluding hydrogens is 190 g/mol. The monoisotopic (exact) mass is 209 g/mol. The highest BCUT2D eigenvalue weighted by Crippen LogP contribution is 2.31. The van der Waals surface area contributed by atoms with Crippen LogP contribution in [0.3, 0.4) is 0 Å². The molecule has 0 bridgehead atoms. The van der Waals surface area contributed by atoms with Crippen molar-refractivity contribution in [1.82, 2.24) is 9.97 Å². The fourth-order valence-electron chi connectivity index (χ4n) is 1.42. The van der Waals surface area contributed by atoms with Gasteiger partial charge >= 0.3 is 0 Å². The lowest BCUT2D eigenvalue weighted by Crippen LogP contribution is -2.23. The van der Waals surface area contributed by atoms with Crippen molar-refractivity contribution < 1.29 is 0 Å². The van der Waals surface area contributed by atoms with Gasteiger partial charge in [-0.25, -0.2) is 9.97 Å². The summed E-state index contributed by atoms with van der Waals surface area (Å²) in [5.41, 5.74) is 1.03. The Morgan fingerprint density at radius 1 is 0.733 bits per heavy atom. The van der Waals surface area contributed by atoms with E-state index in [9.17, 15) is 0 Å². The van der Waals surface area contributed by atoms with Gasteiger partial charge < -0.3 is 14.7 Å². The zero-order chi connectivity index (χ0) is 11.6. The molecular formula is C10H19N5. The van der Waals surface area contributed by atoms with Gasteiger partial charge in [0, 0.05) is 42.3 Å². The topological polar surface area (TPSA) is 35.5 Å². The van der Waals surface area contributed by atoms with E-state index in [2.05, 4.69) is 9.97 Å². The van der Waals surface area contributed by atoms with Gasteiger partial charge in [-0.1, -0.05) is 0 Å². The smallest absolute Gasteiger partial charge is 0.157 e. The number of hydrogen-bond donors (Lipinski definition) is 0. The van der Waals surface area contributed by atoms with Gasteiger partial charge in [0.15, 0.2) is 11.6 Å². The first kappa shape index (κ1) is 11.6. The summed E-state index contributed by atoms with van der Waals surface area (Å²) in [5.74, 6) is 1.86. The molecule has 15 heavy (non-hydrogen) atoms. The Bertz CT molecular complexity index is 306. The van der Waals surface area contributed by atoms with Gasteiger partial charge in [0.05, 0.1) is 0 Å². The molecule has 1 rings (SSSR count). The predicted octanol–water partition coefficient (Wildman–Crippen LogP) is 0.675. The van der Waals surface area contributed by atoms with Crippen molar-refractivity contribution in [1.29, 1.82) is 0 Å². The number of nitrogens with zero attached hydrogens (tertiary/aromatic N) is 5. The maximum atomic E-state index is 4.29. The van der Waals surface area contributed by atoms with E-state index in [1.54, 1.807) is 6.33 Å². The molecule has 0 unspecified atom stereocenters. The molecule has 0 aromatic carbocycles. The molecule has 1 heterocycles. The van der Waals surface area contributed by atoms with Crippen molar-refractivity contribution in [2.24, 2.45) is 0 Å². The van der Waals surface area contributed by atoms with Crippen LogP contribution < -0.4 is 14.7 Å². The Kier molecular flexibility index (Phi) is 3.34. The van der Waals surface area contributed by atoms with Gasteiger partial charge in [-0.3, -0.25) is 0 Å². The van der Waals surface area contributed by atoms with Gasteiger partial charge in [0.25, 0.3) is 0 Å². The summed E-state index contributed by atoms with van der Waals surface area (Å²) in [5, 5.41) is 0. The molecule has 0 atom stereocenters. The highest BCUT2D eigenvalue weighted by Gasteiger charge is 2.15. The summed E-state index contributed by atoms with van der Waals surface area (Å²) in [6, 6.07) is 0. The van der Waals surface area contributed by atoms with E-state index in [4.69, 9.17) is 0 Å². The Labute approximate surface area is 91.3 Å². The number of aromatic nitrogens is 2. The first-order valence-corrected chi connectivity index (χ1v) is 4.82. The largest absolute Gasteiger partial charge is 0.372 e. The number of hydrogen-bond acceptors (Lipinski definition) is 5. The quantitative estimate of drug-likeness (QED) is 0.731. The highest BCUT2D eigenvalue weighted by atomic mass is 15.3. The van der Waals surface area contributed by atoms with Gasteiger partial charge in [-0.05, 0) is 0 Å². The second-order valence-corrected chi connectivity index (χ2v) is 4.05. The molecule has 0 aliphatic heterocycles. The molecule has 0 radical (unpaired) electrons. The summed E-state index contributed by atoms with van der Waals surface area (Å²) in [7, 11) is 11.9. The maximum absolute atomic E-state index is 4.29. The van der Waals surface area contributed by atoms with Crippen LogP contribution in [-0.2, 0) is 0 Å². The summed E-state index contributed by atoms with van der Waals surface area (Å²) in [4.78, 5) is 14.6. The normalized spacial score (nSPS) is 10.0. The molecule has 0 amide bonds. The van der Waals surface area contributed by atoms with Crippen LogP contribution in [0.4, 0.5) is 17.3 Å². The van der Waals surface area contributed by atoms with E-state index < -0.39 is 0 Å². The van der Waals surface area contributed by atoms with Crippen LogP contribution in [0, 0.1) is 0 Å². The van der Waals surface area contributed by atoms with Crippen molar-refractivity contribution in [2.45, 2.75) is 0 Å². The molecule has 1 aromatic rings. The minimum Gasteiger partial charge on any atom is -0.372 e. The van der Waals surface area contributed by atoms with Crippen molar-refractivity contribution in [3.63, 3.8) is 0 Å². The Balaban J connectivity index is 3.35. The molecule has 0 saturated heterocycles. The number of anilines is 3. The Morgan fingerprint density at radius 3 is 1.40 bits per heavy atom. The lowest BCUT2D eigenvalue weighted by molar-refractivity contribution is 0.965. The van der Waals surface area contributed by atoms with E-state index in [1.165, 1.54) is 0 Å². The first-order valence-electron chi connectivity index (χ1n) is 4.82. The number of rotatable bonds is 3. The SMILES string of the molecule is CN(C)c1ncnc(N(C)C)c1N(C)C. The van der Waals surface area contributed by atoms with E-state index in [0.717, 1.165) is 17.3 Å². The molecule has 5 nitrogen and oxygen atoms in total. The van der Waals surface area contributed by atoms with E-state index in [1.807, 2.05) is 57.0 Å². The molecule has 5 heteroatoms. The van der Waals surface area contributed by atoms with Crippen LogP contribution in [0.2, 0.25) is 0 Å². The molecule has 0 N–H and O–H groups in total. The van der Waals surface area contributed by atoms with Gasteiger partial charge in [0.1, 0.15) is 12.0 Å². The average Bonchev–Trinajstić information content (AvgIpc) is 2.16. The van der Waals surface area contributed by atoms with Crippen molar-refractivity contribution in [3.8, 4) is 0 Å². The van der Waals surface area contributed by atoms with E-state index in [-0.39, 0.29) is 0 Å². The zero-order valence-corrected chi connectivity index (χ0v) is 10.3. The first-order chi connectivity index (χ1) is 6.95. The third-order valence-electron chi connectivity index (χ3n) is 2.08.